The molecule has 3 heterocycles. The highest BCUT2D eigenvalue weighted by Crippen LogP contribution is 2.40. The number of amides is 1. The van der Waals surface area contributed by atoms with Gasteiger partial charge in [-0.3, -0.25) is 9.59 Å². The fourth-order valence-corrected chi connectivity index (χ4v) is 6.14. The number of sulfone groups is 1. The number of benzene rings is 1. The van der Waals surface area contributed by atoms with Gasteiger partial charge in [-0.15, -0.1) is 0 Å². The van der Waals surface area contributed by atoms with E-state index in [1.165, 1.54) is 19.2 Å². The van der Waals surface area contributed by atoms with E-state index < -0.39 is 15.1 Å². The smallest absolute Gasteiger partial charge is 0.274 e. The molecule has 27 heavy (non-hydrogen) atoms. The zero-order chi connectivity index (χ0) is 19.2. The van der Waals surface area contributed by atoms with Crippen LogP contribution in [-0.2, 0) is 16.9 Å². The van der Waals surface area contributed by atoms with Crippen molar-refractivity contribution in [2.24, 2.45) is 7.05 Å². The molecule has 1 aromatic heterocycles. The topological polar surface area (TPSA) is 89.3 Å². The van der Waals surface area contributed by atoms with Gasteiger partial charge in [0.05, 0.1) is 10.1 Å². The zero-order valence-electron chi connectivity index (χ0n) is 15.0. The number of hydrogen-bond acceptors (Lipinski definition) is 5. The molecule has 142 valence electrons. The summed E-state index contributed by atoms with van der Waals surface area (Å²) in [5, 5.41) is 3.58. The molecule has 0 aliphatic carbocycles. The van der Waals surface area contributed by atoms with E-state index in [4.69, 9.17) is 0 Å². The number of hydrogen-bond donors (Lipinski definition) is 0. The number of aromatic nitrogens is 2. The van der Waals surface area contributed by atoms with Crippen LogP contribution in [0, 0.1) is 0 Å². The van der Waals surface area contributed by atoms with Crippen LogP contribution in [0.15, 0.2) is 52.2 Å². The Labute approximate surface area is 157 Å². The second-order valence-electron chi connectivity index (χ2n) is 7.23. The van der Waals surface area contributed by atoms with Crippen molar-refractivity contribution in [3.8, 4) is 0 Å². The number of carbonyl (C=O) groups is 1. The third kappa shape index (κ3) is 3.07. The first-order chi connectivity index (χ1) is 12.9. The van der Waals surface area contributed by atoms with E-state index in [1.54, 1.807) is 35.2 Å². The molecule has 0 spiro atoms. The molecule has 1 aromatic carbocycles. The first-order valence-corrected chi connectivity index (χ1v) is 10.6. The second kappa shape index (κ2) is 6.60. The Morgan fingerprint density at radius 1 is 1.04 bits per heavy atom. The van der Waals surface area contributed by atoms with Crippen molar-refractivity contribution in [2.75, 3.05) is 0 Å². The summed E-state index contributed by atoms with van der Waals surface area (Å²) >= 11 is 0. The van der Waals surface area contributed by atoms with Gasteiger partial charge in [0.25, 0.3) is 11.5 Å². The van der Waals surface area contributed by atoms with E-state index in [9.17, 15) is 18.0 Å². The standard InChI is InChI=1S/C19H21N3O4S/c1-21-18(23)10-9-17(20-21)19(24)22-13-7-8-14(22)12-16(11-13)27(25,26)15-5-3-2-4-6-15/h2-6,9-10,13-14,16H,7-8,11-12H2,1H3/t13-,14+,16?. The van der Waals surface area contributed by atoms with Gasteiger partial charge in [0.2, 0.25) is 0 Å². The normalized spacial score (nSPS) is 24.8. The Kier molecular flexibility index (Phi) is 4.38. The molecule has 3 atom stereocenters. The maximum Gasteiger partial charge on any atom is 0.274 e. The molecule has 0 N–H and O–H groups in total. The van der Waals surface area contributed by atoms with Crippen LogP contribution in [0.1, 0.15) is 36.2 Å². The summed E-state index contributed by atoms with van der Waals surface area (Å²) in [6, 6.07) is 11.1. The largest absolute Gasteiger partial charge is 0.331 e. The van der Waals surface area contributed by atoms with Crippen molar-refractivity contribution in [2.45, 2.75) is 47.9 Å². The molecular formula is C19H21N3O4S. The van der Waals surface area contributed by atoms with Crippen LogP contribution >= 0.6 is 0 Å². The molecule has 7 nitrogen and oxygen atoms in total. The monoisotopic (exact) mass is 387 g/mol. The first-order valence-electron chi connectivity index (χ1n) is 9.04. The molecule has 2 fully saturated rings. The lowest BCUT2D eigenvalue weighted by molar-refractivity contribution is 0.0589. The Balaban J connectivity index is 1.58. The summed E-state index contributed by atoms with van der Waals surface area (Å²) in [5.41, 5.74) is -0.0550. The van der Waals surface area contributed by atoms with Crippen molar-refractivity contribution in [1.82, 2.24) is 14.7 Å². The summed E-state index contributed by atoms with van der Waals surface area (Å²) < 4.78 is 27.1. The SMILES string of the molecule is Cn1nc(C(=O)N2[C@@H]3CC[C@H]2CC(S(=O)(=O)c2ccccc2)C3)ccc1=O. The molecule has 0 radical (unpaired) electrons. The van der Waals surface area contributed by atoms with Crippen LogP contribution in [0.3, 0.4) is 0 Å². The fraction of sp³-hybridized carbons (Fsp3) is 0.421. The third-order valence-electron chi connectivity index (χ3n) is 5.61. The average molecular weight is 387 g/mol. The highest BCUT2D eigenvalue weighted by molar-refractivity contribution is 7.92. The molecule has 0 saturated carbocycles. The van der Waals surface area contributed by atoms with E-state index in [1.807, 2.05) is 0 Å². The maximum absolute atomic E-state index is 13.0. The van der Waals surface area contributed by atoms with Crippen molar-refractivity contribution in [1.29, 1.82) is 0 Å². The Hall–Kier alpha value is -2.48. The number of fused-ring (bicyclic) bond motifs is 2. The Morgan fingerprint density at radius 2 is 1.67 bits per heavy atom. The lowest BCUT2D eigenvalue weighted by Gasteiger charge is -2.38. The minimum Gasteiger partial charge on any atom is -0.331 e. The van der Waals surface area contributed by atoms with Crippen molar-refractivity contribution in [3.63, 3.8) is 0 Å². The van der Waals surface area contributed by atoms with E-state index in [2.05, 4.69) is 5.10 Å². The van der Waals surface area contributed by atoms with Crippen LogP contribution < -0.4 is 5.56 Å². The van der Waals surface area contributed by atoms with Crippen LogP contribution in [0.25, 0.3) is 0 Å². The van der Waals surface area contributed by atoms with Gasteiger partial charge in [0, 0.05) is 25.2 Å². The average Bonchev–Trinajstić information content (AvgIpc) is 2.93. The van der Waals surface area contributed by atoms with Crippen LogP contribution in [0.2, 0.25) is 0 Å². The van der Waals surface area contributed by atoms with Crippen LogP contribution in [0.5, 0.6) is 0 Å². The van der Waals surface area contributed by atoms with Crippen molar-refractivity contribution >= 4 is 15.7 Å². The quantitative estimate of drug-likeness (QED) is 0.794. The van der Waals surface area contributed by atoms with Gasteiger partial charge in [0.15, 0.2) is 9.84 Å². The van der Waals surface area contributed by atoms with Gasteiger partial charge < -0.3 is 4.90 Å². The minimum atomic E-state index is -3.41. The third-order valence-corrected chi connectivity index (χ3v) is 7.81. The highest BCUT2D eigenvalue weighted by Gasteiger charge is 2.47. The predicted molar refractivity (Wildman–Crippen MR) is 99.1 cm³/mol. The maximum atomic E-state index is 13.0. The lowest BCUT2D eigenvalue weighted by Crippen LogP contribution is -2.50. The van der Waals surface area contributed by atoms with Gasteiger partial charge >= 0.3 is 0 Å². The molecule has 2 bridgehead atoms. The second-order valence-corrected chi connectivity index (χ2v) is 9.46. The molecule has 2 saturated heterocycles. The van der Waals surface area contributed by atoms with Crippen molar-refractivity contribution in [3.05, 3.63) is 58.5 Å². The highest BCUT2D eigenvalue weighted by atomic mass is 32.2. The van der Waals surface area contributed by atoms with Crippen LogP contribution in [0.4, 0.5) is 0 Å². The predicted octanol–water partition coefficient (Wildman–Crippen LogP) is 1.39. The minimum absolute atomic E-state index is 0.112. The summed E-state index contributed by atoms with van der Waals surface area (Å²) in [6.45, 7) is 0. The van der Waals surface area contributed by atoms with E-state index in [-0.39, 0.29) is 29.2 Å². The number of piperidine rings is 1. The molecule has 2 aliphatic rings. The first kappa shape index (κ1) is 17.9. The molecule has 2 aromatic rings. The Morgan fingerprint density at radius 3 is 2.26 bits per heavy atom. The summed E-state index contributed by atoms with van der Waals surface area (Å²) in [4.78, 5) is 26.6. The van der Waals surface area contributed by atoms with Gasteiger partial charge in [-0.1, -0.05) is 18.2 Å². The summed E-state index contributed by atoms with van der Waals surface area (Å²) in [5.74, 6) is -0.228. The number of nitrogens with zero attached hydrogens (tertiary/aromatic N) is 3. The molecular weight excluding hydrogens is 366 g/mol. The number of carbonyl (C=O) groups excluding carboxylic acids is 1. The Bertz CT molecular complexity index is 1020. The lowest BCUT2D eigenvalue weighted by atomic mass is 10.0. The van der Waals surface area contributed by atoms with Crippen LogP contribution in [-0.4, -0.2) is 46.3 Å². The molecule has 8 heteroatoms. The van der Waals surface area contributed by atoms with E-state index in [0.29, 0.717) is 17.7 Å². The number of rotatable bonds is 3. The van der Waals surface area contributed by atoms with Gasteiger partial charge in [0.1, 0.15) is 5.69 Å². The van der Waals surface area contributed by atoms with Gasteiger partial charge in [-0.2, -0.15) is 5.10 Å². The van der Waals surface area contributed by atoms with Gasteiger partial charge in [-0.05, 0) is 43.9 Å². The molecule has 4 rings (SSSR count). The molecule has 1 amide bonds. The molecule has 2 aliphatic heterocycles. The summed E-state index contributed by atoms with van der Waals surface area (Å²) in [6.07, 6.45) is 2.46. The van der Waals surface area contributed by atoms with E-state index >= 15 is 0 Å². The number of aryl methyl sites for hydroxylation is 1. The summed E-state index contributed by atoms with van der Waals surface area (Å²) in [7, 11) is -1.91. The van der Waals surface area contributed by atoms with Gasteiger partial charge in [-0.25, -0.2) is 13.1 Å². The molecule has 1 unspecified atom stereocenters. The van der Waals surface area contributed by atoms with E-state index in [0.717, 1.165) is 17.5 Å². The van der Waals surface area contributed by atoms with Crippen molar-refractivity contribution < 1.29 is 13.2 Å². The fourth-order valence-electron chi connectivity index (χ4n) is 4.26. The zero-order valence-corrected chi connectivity index (χ0v) is 15.8.